The Morgan fingerprint density at radius 2 is 1.00 bits per heavy atom. The number of aliphatic carboxylic acids is 2. The third kappa shape index (κ3) is 5.17. The summed E-state index contributed by atoms with van der Waals surface area (Å²) in [7, 11) is 0. The minimum atomic E-state index is -2.06. The third-order valence-electron chi connectivity index (χ3n) is 0.595. The van der Waals surface area contributed by atoms with E-state index in [1.807, 2.05) is 0 Å². The van der Waals surface area contributed by atoms with E-state index in [0.29, 0.717) is 0 Å². The van der Waals surface area contributed by atoms with E-state index in [1.54, 1.807) is 0 Å². The van der Waals surface area contributed by atoms with E-state index in [-0.39, 0.29) is 37.7 Å². The van der Waals surface area contributed by atoms with Crippen molar-refractivity contribution in [2.75, 3.05) is 0 Å². The minimum absolute atomic E-state index is 0. The number of carboxylic acid groups (broad SMARTS) is 2. The van der Waals surface area contributed by atoms with Crippen LogP contribution < -0.4 is 47.9 Å². The Morgan fingerprint density at radius 3 is 1.08 bits per heavy atom. The number of rotatable bonds is 2. The van der Waals surface area contributed by atoms with Gasteiger partial charge in [0, 0.05) is 0 Å². The predicted octanol–water partition coefficient (Wildman–Crippen LogP) is -8.90. The smallest absolute Gasteiger partial charge is 0.868 e. The second-order valence-electron chi connectivity index (χ2n) is 1.27. The van der Waals surface area contributed by atoms with Crippen molar-refractivity contribution in [2.45, 2.75) is 0 Å². The van der Waals surface area contributed by atoms with Crippen molar-refractivity contribution in [2.24, 2.45) is 0 Å². The fraction of sp³-hybridized carbons (Fsp3) is 0. The van der Waals surface area contributed by atoms with Crippen LogP contribution in [0.15, 0.2) is 11.5 Å². The van der Waals surface area contributed by atoms with Crippen LogP contribution in [-0.2, 0) is 9.59 Å². The number of carbonyl (C=O) groups is 2. The Kier molecular flexibility index (Phi) is 10.4. The number of hydrogen-bond acceptors (Lipinski definition) is 4. The molecule has 0 unspecified atom stereocenters. The van der Waals surface area contributed by atoms with Gasteiger partial charge in [0.05, 0.1) is 0 Å². The molecule has 0 atom stereocenters. The molecule has 0 aromatic rings. The zero-order chi connectivity index (χ0) is 8.31. The summed E-state index contributed by atoms with van der Waals surface area (Å²) in [6.07, 6.45) is 0. The van der Waals surface area contributed by atoms with E-state index in [0.717, 1.165) is 0 Å². The topological polar surface area (TPSA) is 121 Å². The summed E-state index contributed by atoms with van der Waals surface area (Å²) >= 11 is 0. The molecule has 0 aliphatic carbocycles. The van der Waals surface area contributed by atoms with Crippen molar-refractivity contribution in [3.63, 3.8) is 0 Å². The van der Waals surface area contributed by atoms with Gasteiger partial charge in [0.25, 0.3) is 0 Å². The van der Waals surface area contributed by atoms with E-state index in [4.69, 9.17) is 10.2 Å². The van der Waals surface area contributed by atoms with Crippen LogP contribution in [0.25, 0.3) is 0 Å². The standard InChI is InChI=1S/C4H4O6.2Li/c5-1(3(7)8)2(6)4(9)10;;/h5-6H,(H,7,8)(H,9,10);;/q;2*+1/p-2/b2-1-;;. The van der Waals surface area contributed by atoms with Gasteiger partial charge >= 0.3 is 49.7 Å². The minimum Gasteiger partial charge on any atom is -0.868 e. The van der Waals surface area contributed by atoms with Gasteiger partial charge in [0.1, 0.15) is 0 Å². The molecule has 56 valence electrons. The molecule has 0 amide bonds. The van der Waals surface area contributed by atoms with Crippen molar-refractivity contribution >= 4 is 11.9 Å². The van der Waals surface area contributed by atoms with E-state index >= 15 is 0 Å². The van der Waals surface area contributed by atoms with E-state index in [2.05, 4.69) is 0 Å². The van der Waals surface area contributed by atoms with E-state index in [1.165, 1.54) is 0 Å². The fourth-order valence-electron chi connectivity index (χ4n) is 0.194. The Bertz CT molecular complexity index is 188. The van der Waals surface area contributed by atoms with E-state index in [9.17, 15) is 19.8 Å². The first kappa shape index (κ1) is 17.5. The van der Waals surface area contributed by atoms with Crippen molar-refractivity contribution in [1.29, 1.82) is 0 Å². The van der Waals surface area contributed by atoms with Crippen LogP contribution in [0.5, 0.6) is 0 Å². The maximum atomic E-state index is 9.95. The predicted molar refractivity (Wildman–Crippen MR) is 22.3 cm³/mol. The average Bonchev–Trinajstić information content (AvgIpc) is 1.84. The van der Waals surface area contributed by atoms with Crippen LogP contribution in [0.1, 0.15) is 0 Å². The zero-order valence-electron chi connectivity index (χ0n) is 6.53. The fourth-order valence-corrected chi connectivity index (χ4v) is 0.194. The summed E-state index contributed by atoms with van der Waals surface area (Å²) < 4.78 is 0. The molecule has 0 aromatic heterocycles. The van der Waals surface area contributed by atoms with Crippen molar-refractivity contribution in [1.82, 2.24) is 0 Å². The van der Waals surface area contributed by atoms with Crippen molar-refractivity contribution in [3.05, 3.63) is 11.5 Å². The summed E-state index contributed by atoms with van der Waals surface area (Å²) in [5, 5.41) is 35.4. The van der Waals surface area contributed by atoms with Crippen LogP contribution >= 0.6 is 0 Å². The molecule has 2 N–H and O–H groups in total. The molecule has 0 rings (SSSR count). The summed E-state index contributed by atoms with van der Waals surface area (Å²) in [5.74, 6) is -8.00. The Balaban J connectivity index is -0.000000405. The molecular weight excluding hydrogens is 158 g/mol. The van der Waals surface area contributed by atoms with Gasteiger partial charge in [0.15, 0.2) is 0 Å². The summed E-state index contributed by atoms with van der Waals surface area (Å²) in [6, 6.07) is 0. The van der Waals surface area contributed by atoms with Crippen LogP contribution in [0.2, 0.25) is 0 Å². The molecule has 0 saturated heterocycles. The maximum Gasteiger partial charge on any atom is 1.00 e. The van der Waals surface area contributed by atoms with Gasteiger partial charge in [-0.05, 0) is 11.5 Å². The first-order chi connectivity index (χ1) is 4.46. The van der Waals surface area contributed by atoms with Gasteiger partial charge in [-0.2, -0.15) is 0 Å². The number of carboxylic acids is 2. The summed E-state index contributed by atoms with van der Waals surface area (Å²) in [4.78, 5) is 19.2. The first-order valence-electron chi connectivity index (χ1n) is 2.01. The zero-order valence-corrected chi connectivity index (χ0v) is 6.53. The molecular formula is C4H2Li2O6. The summed E-state index contributed by atoms with van der Waals surface area (Å²) in [6.45, 7) is 0. The molecule has 0 aliphatic rings. The second-order valence-corrected chi connectivity index (χ2v) is 1.27. The quantitative estimate of drug-likeness (QED) is 0.235. The first-order valence-corrected chi connectivity index (χ1v) is 2.01. The Labute approximate surface area is 91.2 Å². The molecule has 0 radical (unpaired) electrons. The van der Waals surface area contributed by atoms with Crippen molar-refractivity contribution < 1.29 is 67.7 Å². The number of hydrogen-bond donors (Lipinski definition) is 2. The van der Waals surface area contributed by atoms with Crippen LogP contribution in [0, 0.1) is 0 Å². The summed E-state index contributed by atoms with van der Waals surface area (Å²) in [5.41, 5.74) is 0. The van der Waals surface area contributed by atoms with Gasteiger partial charge in [-0.25, -0.2) is 9.59 Å². The average molecular weight is 160 g/mol. The largest absolute Gasteiger partial charge is 1.00 e. The second kappa shape index (κ2) is 7.14. The van der Waals surface area contributed by atoms with Gasteiger partial charge in [-0.3, -0.25) is 0 Å². The molecule has 0 fully saturated rings. The van der Waals surface area contributed by atoms with Crippen LogP contribution in [-0.4, -0.2) is 22.2 Å². The normalized spacial score (nSPS) is 10.0. The Morgan fingerprint density at radius 1 is 0.833 bits per heavy atom. The molecule has 0 saturated carbocycles. The molecule has 0 spiro atoms. The van der Waals surface area contributed by atoms with Crippen LogP contribution in [0.3, 0.4) is 0 Å². The van der Waals surface area contributed by atoms with Gasteiger partial charge in [-0.15, -0.1) is 0 Å². The SMILES string of the molecule is O=C(O)/C([O-])=C(/[O-])C(=O)O.[Li+].[Li+]. The molecule has 0 aliphatic heterocycles. The molecule has 0 aromatic carbocycles. The Hall–Kier alpha value is -0.525. The molecule has 6 nitrogen and oxygen atoms in total. The van der Waals surface area contributed by atoms with Crippen LogP contribution in [0.4, 0.5) is 0 Å². The van der Waals surface area contributed by atoms with Gasteiger partial charge in [0.2, 0.25) is 0 Å². The monoisotopic (exact) mass is 160 g/mol. The van der Waals surface area contributed by atoms with E-state index < -0.39 is 23.5 Å². The van der Waals surface area contributed by atoms with Gasteiger partial charge < -0.3 is 20.4 Å². The third-order valence-corrected chi connectivity index (χ3v) is 0.595. The molecule has 0 bridgehead atoms. The molecule has 0 heterocycles. The van der Waals surface area contributed by atoms with Crippen molar-refractivity contribution in [3.8, 4) is 0 Å². The van der Waals surface area contributed by atoms with Gasteiger partial charge in [-0.1, -0.05) is 0 Å². The molecule has 12 heavy (non-hydrogen) atoms. The maximum absolute atomic E-state index is 9.95. The molecule has 8 heteroatoms.